The fourth-order valence-electron chi connectivity index (χ4n) is 5.08. The van der Waals surface area contributed by atoms with Crippen molar-refractivity contribution >= 4 is 29.1 Å². The predicted molar refractivity (Wildman–Crippen MR) is 138 cm³/mol. The van der Waals surface area contributed by atoms with Gasteiger partial charge in [-0.15, -0.1) is 0 Å². The molecule has 1 aliphatic carbocycles. The van der Waals surface area contributed by atoms with Crippen LogP contribution in [-0.2, 0) is 14.4 Å². The van der Waals surface area contributed by atoms with Gasteiger partial charge in [-0.2, -0.15) is 13.2 Å². The van der Waals surface area contributed by atoms with Gasteiger partial charge in [-0.25, -0.2) is 9.38 Å². The Bertz CT molecular complexity index is 1280. The Morgan fingerprint density at radius 2 is 1.82 bits per heavy atom. The van der Waals surface area contributed by atoms with Crippen LogP contribution in [0.4, 0.5) is 23.2 Å². The summed E-state index contributed by atoms with van der Waals surface area (Å²) in [6.45, 7) is 1.79. The summed E-state index contributed by atoms with van der Waals surface area (Å²) < 4.78 is 54.4. The molecule has 2 aromatic rings. The molecule has 0 bridgehead atoms. The second-order valence-corrected chi connectivity index (χ2v) is 10.2. The Labute approximate surface area is 223 Å². The number of rotatable bonds is 9. The van der Waals surface area contributed by atoms with Gasteiger partial charge in [0.2, 0.25) is 18.0 Å². The minimum Gasteiger partial charge on any atom is -0.369 e. The van der Waals surface area contributed by atoms with Crippen molar-refractivity contribution in [1.82, 2.24) is 5.32 Å². The van der Waals surface area contributed by atoms with E-state index in [0.717, 1.165) is 5.56 Å². The van der Waals surface area contributed by atoms with Crippen molar-refractivity contribution in [2.45, 2.75) is 63.5 Å². The third kappa shape index (κ3) is 6.63. The molecule has 0 radical (unpaired) electrons. The number of aryl methyl sites for hydroxylation is 1. The van der Waals surface area contributed by atoms with Crippen molar-refractivity contribution in [3.63, 3.8) is 0 Å². The second kappa shape index (κ2) is 11.2. The fraction of sp³-hybridized carbons (Fsp3) is 0.429. The van der Waals surface area contributed by atoms with Gasteiger partial charge in [-0.1, -0.05) is 48.5 Å². The van der Waals surface area contributed by atoms with Gasteiger partial charge in [0.1, 0.15) is 5.67 Å². The van der Waals surface area contributed by atoms with Crippen molar-refractivity contribution in [3.8, 4) is 0 Å². The Hall–Kier alpha value is -3.76. The van der Waals surface area contributed by atoms with Gasteiger partial charge >= 0.3 is 6.18 Å². The van der Waals surface area contributed by atoms with Crippen LogP contribution < -0.4 is 16.4 Å². The molecule has 2 aliphatic rings. The van der Waals surface area contributed by atoms with Crippen LogP contribution in [0.5, 0.6) is 0 Å². The van der Waals surface area contributed by atoms with E-state index in [2.05, 4.69) is 15.6 Å². The zero-order chi connectivity index (χ0) is 28.4. The number of fused-ring (bicyclic) bond motifs is 1. The Kier molecular flexibility index (Phi) is 8.08. The number of aliphatic imine (C=N–C) groups is 1. The largest absolute Gasteiger partial charge is 0.389 e. The molecule has 0 aromatic heterocycles. The molecule has 11 heteroatoms. The Morgan fingerprint density at radius 3 is 2.41 bits per heavy atom. The number of hydrogen-bond acceptors (Lipinski definition) is 4. The smallest absolute Gasteiger partial charge is 0.369 e. The topological polar surface area (TPSA) is 114 Å². The minimum atomic E-state index is -4.62. The van der Waals surface area contributed by atoms with Crippen LogP contribution in [0.1, 0.15) is 55.2 Å². The van der Waals surface area contributed by atoms with Gasteiger partial charge in [0, 0.05) is 17.5 Å². The number of nitrogens with two attached hydrogens (primary N) is 1. The van der Waals surface area contributed by atoms with E-state index in [1.165, 1.54) is 0 Å². The molecular weight excluding hydrogens is 516 g/mol. The summed E-state index contributed by atoms with van der Waals surface area (Å²) in [5, 5.41) is 5.17. The molecule has 1 fully saturated rings. The molecule has 208 valence electrons. The summed E-state index contributed by atoms with van der Waals surface area (Å²) in [7, 11) is 0. The van der Waals surface area contributed by atoms with E-state index in [4.69, 9.17) is 5.73 Å². The van der Waals surface area contributed by atoms with Crippen molar-refractivity contribution in [1.29, 1.82) is 0 Å². The molecule has 0 saturated heterocycles. The average molecular weight is 547 g/mol. The van der Waals surface area contributed by atoms with Crippen molar-refractivity contribution in [3.05, 3.63) is 65.2 Å². The van der Waals surface area contributed by atoms with E-state index >= 15 is 0 Å². The molecule has 4 rings (SSSR count). The lowest BCUT2D eigenvalue weighted by atomic mass is 9.71. The summed E-state index contributed by atoms with van der Waals surface area (Å²) >= 11 is 0. The number of benzene rings is 2. The summed E-state index contributed by atoms with van der Waals surface area (Å²) in [5.41, 5.74) is 6.56. The highest BCUT2D eigenvalue weighted by molar-refractivity contribution is 6.20. The van der Waals surface area contributed by atoms with Crippen LogP contribution in [-0.4, -0.2) is 41.4 Å². The van der Waals surface area contributed by atoms with Gasteiger partial charge < -0.3 is 16.4 Å². The highest BCUT2D eigenvalue weighted by atomic mass is 19.4. The molecule has 1 saturated carbocycles. The van der Waals surface area contributed by atoms with Crippen LogP contribution in [0.2, 0.25) is 0 Å². The second-order valence-electron chi connectivity index (χ2n) is 10.2. The number of amides is 3. The molecule has 4 N–H and O–H groups in total. The van der Waals surface area contributed by atoms with Gasteiger partial charge in [0.05, 0.1) is 23.2 Å². The third-order valence-electron chi connectivity index (χ3n) is 7.37. The zero-order valence-electron chi connectivity index (χ0n) is 21.4. The van der Waals surface area contributed by atoms with Gasteiger partial charge in [-0.3, -0.25) is 14.4 Å². The standard InChI is InChI=1S/C28H30F4N4O3/c1-16-7-5-10-19-21(16)35-26(39)24(34-22(19)17-8-3-2-4-9-17)36-25(38)18(11-14-28(30,31)32)20(23(33)37)15-27(29)12-6-13-27/h2-5,7-10,18,20,24H,6,11-15H2,1H3,(H2,33,37)(H,35,39)(H,36,38). The monoisotopic (exact) mass is 546 g/mol. The number of hydrogen-bond donors (Lipinski definition) is 3. The lowest BCUT2D eigenvalue weighted by molar-refractivity contribution is -0.148. The molecule has 3 atom stereocenters. The molecule has 39 heavy (non-hydrogen) atoms. The normalized spacial score (nSPS) is 19.9. The quantitative estimate of drug-likeness (QED) is 0.401. The number of anilines is 1. The predicted octanol–water partition coefficient (Wildman–Crippen LogP) is 4.57. The van der Waals surface area contributed by atoms with Crippen LogP contribution >= 0.6 is 0 Å². The molecule has 1 aliphatic heterocycles. The molecule has 1 heterocycles. The maximum absolute atomic E-state index is 15.0. The van der Waals surface area contributed by atoms with E-state index in [9.17, 15) is 31.9 Å². The maximum Gasteiger partial charge on any atom is 0.389 e. The number of nitrogens with zero attached hydrogens (tertiary/aromatic N) is 1. The molecule has 7 nitrogen and oxygen atoms in total. The zero-order valence-corrected chi connectivity index (χ0v) is 21.4. The number of primary amides is 1. The van der Waals surface area contributed by atoms with E-state index in [-0.39, 0.29) is 12.8 Å². The third-order valence-corrected chi connectivity index (χ3v) is 7.37. The number of halogens is 4. The summed E-state index contributed by atoms with van der Waals surface area (Å²) in [6.07, 6.45) is -7.93. The summed E-state index contributed by atoms with van der Waals surface area (Å²) in [6, 6.07) is 14.2. The van der Waals surface area contributed by atoms with Crippen molar-refractivity contribution < 1.29 is 31.9 Å². The Morgan fingerprint density at radius 1 is 1.13 bits per heavy atom. The molecular formula is C28H30F4N4O3. The van der Waals surface area contributed by atoms with Crippen LogP contribution in [0.3, 0.4) is 0 Å². The first-order chi connectivity index (χ1) is 18.4. The first-order valence-electron chi connectivity index (χ1n) is 12.8. The number of para-hydroxylation sites is 1. The lowest BCUT2D eigenvalue weighted by Crippen LogP contribution is -2.50. The van der Waals surface area contributed by atoms with Gasteiger partial charge in [0.25, 0.3) is 5.91 Å². The van der Waals surface area contributed by atoms with E-state index < -0.39 is 66.8 Å². The van der Waals surface area contributed by atoms with Gasteiger partial charge in [0.15, 0.2) is 0 Å². The van der Waals surface area contributed by atoms with E-state index in [0.29, 0.717) is 28.9 Å². The van der Waals surface area contributed by atoms with E-state index in [1.54, 1.807) is 55.5 Å². The maximum atomic E-state index is 15.0. The highest BCUT2D eigenvalue weighted by Crippen LogP contribution is 2.43. The number of carbonyl (C=O) groups is 3. The number of benzodiazepines with no additional fused rings is 1. The summed E-state index contributed by atoms with van der Waals surface area (Å²) in [4.78, 5) is 43.5. The number of carbonyl (C=O) groups excluding carboxylic acids is 3. The fourth-order valence-corrected chi connectivity index (χ4v) is 5.08. The minimum absolute atomic E-state index is 0.137. The van der Waals surface area contributed by atoms with Crippen LogP contribution in [0.25, 0.3) is 0 Å². The molecule has 3 amide bonds. The van der Waals surface area contributed by atoms with E-state index in [1.807, 2.05) is 0 Å². The summed E-state index contributed by atoms with van der Waals surface area (Å²) in [5.74, 6) is -5.89. The SMILES string of the molecule is Cc1cccc2c1NC(=O)C(NC(=O)C(CCC(F)(F)F)C(CC1(F)CCC1)C(N)=O)N=C2c1ccccc1. The average Bonchev–Trinajstić information content (AvgIpc) is 2.99. The van der Waals surface area contributed by atoms with Crippen LogP contribution in [0, 0.1) is 18.8 Å². The van der Waals surface area contributed by atoms with Crippen molar-refractivity contribution in [2.75, 3.05) is 5.32 Å². The first kappa shape index (κ1) is 28.3. The Balaban J connectivity index is 1.68. The molecule has 0 spiro atoms. The number of alkyl halides is 4. The van der Waals surface area contributed by atoms with Crippen molar-refractivity contribution in [2.24, 2.45) is 22.6 Å². The highest BCUT2D eigenvalue weighted by Gasteiger charge is 2.46. The first-order valence-corrected chi connectivity index (χ1v) is 12.8. The number of nitrogens with one attached hydrogen (secondary N) is 2. The van der Waals surface area contributed by atoms with Crippen LogP contribution in [0.15, 0.2) is 53.5 Å². The molecule has 3 unspecified atom stereocenters. The van der Waals surface area contributed by atoms with Gasteiger partial charge in [-0.05, 0) is 44.6 Å². The lowest BCUT2D eigenvalue weighted by Gasteiger charge is -2.38. The molecule has 2 aromatic carbocycles.